The molecule has 0 bridgehead atoms. The van der Waals surface area contributed by atoms with E-state index in [2.05, 4.69) is 31.4 Å². The summed E-state index contributed by atoms with van der Waals surface area (Å²) < 4.78 is 5.79. The van der Waals surface area contributed by atoms with Crippen LogP contribution >= 0.6 is 7.49 Å². The third-order valence-electron chi connectivity index (χ3n) is 4.91. The predicted molar refractivity (Wildman–Crippen MR) is 93.8 cm³/mol. The largest absolute Gasteiger partial charge is 0.390 e. The summed E-state index contributed by atoms with van der Waals surface area (Å²) in [5.74, 6) is -0.730. The van der Waals surface area contributed by atoms with Crippen molar-refractivity contribution in [2.75, 3.05) is 26.6 Å². The van der Waals surface area contributed by atoms with E-state index in [1.54, 1.807) is 6.92 Å². The minimum absolute atomic E-state index is 0.00368. The van der Waals surface area contributed by atoms with Crippen molar-refractivity contribution in [3.63, 3.8) is 0 Å². The Kier molecular flexibility index (Phi) is 5.89. The second-order valence-electron chi connectivity index (χ2n) is 7.79. The van der Waals surface area contributed by atoms with Crippen LogP contribution < -0.4 is 5.32 Å². The van der Waals surface area contributed by atoms with Gasteiger partial charge in [0.1, 0.15) is 7.49 Å². The van der Waals surface area contributed by atoms with Crippen LogP contribution in [-0.4, -0.2) is 60.5 Å². The number of rotatable bonds is 6. The Labute approximate surface area is 139 Å². The van der Waals surface area contributed by atoms with Crippen LogP contribution in [0.3, 0.4) is 0 Å². The number of allylic oxidation sites excluding steroid dienone is 1. The first kappa shape index (κ1) is 18.9. The zero-order valence-corrected chi connectivity index (χ0v) is 15.6. The van der Waals surface area contributed by atoms with Crippen LogP contribution in [0.2, 0.25) is 0 Å². The van der Waals surface area contributed by atoms with Crippen molar-refractivity contribution < 1.29 is 19.5 Å². The molecule has 1 aliphatic carbocycles. The SMILES string of the molecule is C[C@@]1(O)C([C@@H](O)[C@@H]2C=CCCC2)NC(=O)[C@@H]1CCO[P+](C)(C)C. The van der Waals surface area contributed by atoms with Crippen molar-refractivity contribution in [3.8, 4) is 0 Å². The molecule has 0 radical (unpaired) electrons. The van der Waals surface area contributed by atoms with Gasteiger partial charge in [0.15, 0.2) is 0 Å². The average Bonchev–Trinajstić information content (AvgIpc) is 2.69. The second-order valence-corrected chi connectivity index (χ2v) is 11.8. The van der Waals surface area contributed by atoms with E-state index in [-0.39, 0.29) is 11.8 Å². The normalized spacial score (nSPS) is 36.1. The van der Waals surface area contributed by atoms with Crippen LogP contribution in [0.15, 0.2) is 12.2 Å². The molecule has 0 aromatic rings. The average molecular weight is 344 g/mol. The van der Waals surface area contributed by atoms with Gasteiger partial charge in [-0.15, -0.1) is 0 Å². The van der Waals surface area contributed by atoms with E-state index in [1.165, 1.54) is 0 Å². The molecule has 0 aromatic carbocycles. The van der Waals surface area contributed by atoms with Crippen LogP contribution in [0.25, 0.3) is 0 Å². The Bertz CT molecular complexity index is 458. The minimum atomic E-state index is -1.36. The molecule has 1 amide bonds. The molecule has 3 N–H and O–H groups in total. The summed E-state index contributed by atoms with van der Waals surface area (Å²) in [6.07, 6.45) is 6.76. The highest BCUT2D eigenvalue weighted by Gasteiger charge is 2.54. The lowest BCUT2D eigenvalue weighted by molar-refractivity contribution is -0.126. The number of carbonyl (C=O) groups is 1. The zero-order valence-electron chi connectivity index (χ0n) is 14.7. The van der Waals surface area contributed by atoms with Crippen molar-refractivity contribution in [3.05, 3.63) is 12.2 Å². The molecule has 0 spiro atoms. The van der Waals surface area contributed by atoms with Crippen molar-refractivity contribution >= 4 is 13.4 Å². The molecule has 132 valence electrons. The molecule has 1 fully saturated rings. The van der Waals surface area contributed by atoms with Gasteiger partial charge < -0.3 is 15.5 Å². The van der Waals surface area contributed by atoms with Gasteiger partial charge >= 0.3 is 0 Å². The van der Waals surface area contributed by atoms with E-state index in [4.69, 9.17) is 4.52 Å². The number of hydrogen-bond donors (Lipinski definition) is 3. The molecule has 1 aliphatic heterocycles. The first-order valence-electron chi connectivity index (χ1n) is 8.46. The third-order valence-corrected chi connectivity index (χ3v) is 5.86. The van der Waals surface area contributed by atoms with Crippen LogP contribution in [0.5, 0.6) is 0 Å². The van der Waals surface area contributed by atoms with Gasteiger partial charge in [-0.2, -0.15) is 0 Å². The van der Waals surface area contributed by atoms with Gasteiger partial charge in [0.05, 0.1) is 50.3 Å². The molecular weight excluding hydrogens is 313 g/mol. The van der Waals surface area contributed by atoms with E-state index in [9.17, 15) is 15.0 Å². The first-order valence-corrected chi connectivity index (χ1v) is 11.5. The smallest absolute Gasteiger partial charge is 0.226 e. The summed E-state index contributed by atoms with van der Waals surface area (Å²) in [6, 6.07) is -0.628. The van der Waals surface area contributed by atoms with Gasteiger partial charge in [0.25, 0.3) is 0 Å². The molecule has 5 nitrogen and oxygen atoms in total. The van der Waals surface area contributed by atoms with Crippen molar-refractivity contribution in [1.29, 1.82) is 0 Å². The van der Waals surface area contributed by atoms with Gasteiger partial charge in [0.2, 0.25) is 5.91 Å². The van der Waals surface area contributed by atoms with Crippen molar-refractivity contribution in [2.24, 2.45) is 11.8 Å². The quantitative estimate of drug-likeness (QED) is 0.507. The standard InChI is InChI=1S/C17H30NO4P/c1-17(21)13(10-11-22-23(2,3)4)16(20)18-15(17)14(19)12-8-6-5-7-9-12/h6,8,12-15,19,21H,5,7,9-11H2,1-4H3/p+1/t12-,13+,14+,15?,17+/m1/s1. The van der Waals surface area contributed by atoms with Gasteiger partial charge in [0, 0.05) is 5.92 Å². The summed E-state index contributed by atoms with van der Waals surface area (Å²) in [5.41, 5.74) is -1.26. The Hall–Kier alpha value is -0.480. The fourth-order valence-corrected chi connectivity index (χ4v) is 4.20. The van der Waals surface area contributed by atoms with Gasteiger partial charge in [-0.1, -0.05) is 12.2 Å². The number of hydrogen-bond acceptors (Lipinski definition) is 4. The zero-order chi connectivity index (χ0) is 17.3. The van der Waals surface area contributed by atoms with Gasteiger partial charge in [-0.05, 0) is 32.6 Å². The molecule has 1 saturated heterocycles. The van der Waals surface area contributed by atoms with E-state index < -0.39 is 31.2 Å². The van der Waals surface area contributed by atoms with Gasteiger partial charge in [-0.25, -0.2) is 4.52 Å². The number of aliphatic hydroxyl groups excluding tert-OH is 1. The van der Waals surface area contributed by atoms with E-state index in [1.807, 2.05) is 6.08 Å². The van der Waals surface area contributed by atoms with Crippen molar-refractivity contribution in [1.82, 2.24) is 5.32 Å². The Balaban J connectivity index is 2.02. The predicted octanol–water partition coefficient (Wildman–Crippen LogP) is 1.80. The molecule has 2 rings (SSSR count). The Morgan fingerprint density at radius 1 is 1.48 bits per heavy atom. The highest BCUT2D eigenvalue weighted by Crippen LogP contribution is 2.48. The topological polar surface area (TPSA) is 78.8 Å². The number of amides is 1. The summed E-state index contributed by atoms with van der Waals surface area (Å²) in [7, 11) is -1.36. The summed E-state index contributed by atoms with van der Waals surface area (Å²) in [6.45, 7) is 8.32. The molecule has 5 atom stereocenters. The number of carbonyl (C=O) groups excluding carboxylic acids is 1. The molecule has 0 aromatic heterocycles. The molecular formula is C17H31NO4P+. The third kappa shape index (κ3) is 4.54. The highest BCUT2D eigenvalue weighted by atomic mass is 31.2. The maximum Gasteiger partial charge on any atom is 0.226 e. The van der Waals surface area contributed by atoms with Crippen molar-refractivity contribution in [2.45, 2.75) is 50.4 Å². The Morgan fingerprint density at radius 2 is 2.17 bits per heavy atom. The lowest BCUT2D eigenvalue weighted by atomic mass is 9.78. The lowest BCUT2D eigenvalue weighted by Gasteiger charge is -2.35. The highest BCUT2D eigenvalue weighted by molar-refractivity contribution is 7.69. The summed E-state index contributed by atoms with van der Waals surface area (Å²) in [5, 5.41) is 24.4. The van der Waals surface area contributed by atoms with Crippen LogP contribution in [0.1, 0.15) is 32.6 Å². The first-order chi connectivity index (χ1) is 10.6. The molecule has 23 heavy (non-hydrogen) atoms. The van der Waals surface area contributed by atoms with E-state index >= 15 is 0 Å². The summed E-state index contributed by atoms with van der Waals surface area (Å²) >= 11 is 0. The maximum atomic E-state index is 12.3. The fraction of sp³-hybridized carbons (Fsp3) is 0.824. The molecule has 6 heteroatoms. The van der Waals surface area contributed by atoms with E-state index in [0.29, 0.717) is 13.0 Å². The molecule has 1 unspecified atom stereocenters. The minimum Gasteiger partial charge on any atom is -0.390 e. The number of nitrogens with one attached hydrogen (secondary N) is 1. The molecule has 2 aliphatic rings. The molecule has 1 heterocycles. The van der Waals surface area contributed by atoms with Gasteiger partial charge in [-0.3, -0.25) is 4.79 Å². The van der Waals surface area contributed by atoms with Crippen LogP contribution in [0, 0.1) is 11.8 Å². The molecule has 0 saturated carbocycles. The number of aliphatic hydroxyl groups is 2. The maximum absolute atomic E-state index is 12.3. The monoisotopic (exact) mass is 344 g/mol. The van der Waals surface area contributed by atoms with Crippen LogP contribution in [-0.2, 0) is 9.32 Å². The van der Waals surface area contributed by atoms with E-state index in [0.717, 1.165) is 19.3 Å². The van der Waals surface area contributed by atoms with Crippen LogP contribution in [0.4, 0.5) is 0 Å². The Morgan fingerprint density at radius 3 is 2.74 bits per heavy atom. The second kappa shape index (κ2) is 7.18. The lowest BCUT2D eigenvalue weighted by Crippen LogP contribution is -2.53. The summed E-state index contributed by atoms with van der Waals surface area (Å²) in [4.78, 5) is 12.3. The fourth-order valence-electron chi connectivity index (χ4n) is 3.55.